The van der Waals surface area contributed by atoms with Gasteiger partial charge in [-0.3, -0.25) is 9.59 Å². The van der Waals surface area contributed by atoms with Crippen molar-refractivity contribution < 1.29 is 31.9 Å². The van der Waals surface area contributed by atoms with Crippen molar-refractivity contribution in [2.45, 2.75) is 45.1 Å². The minimum Gasteiger partial charge on any atom is -0.388 e. The van der Waals surface area contributed by atoms with Crippen molar-refractivity contribution in [1.29, 1.82) is 0 Å². The van der Waals surface area contributed by atoms with Gasteiger partial charge in [-0.1, -0.05) is 12.1 Å². The molecule has 34 heavy (non-hydrogen) atoms. The zero-order chi connectivity index (χ0) is 25.4. The highest BCUT2D eigenvalue weighted by Crippen LogP contribution is 2.30. The molecule has 0 aliphatic carbocycles. The van der Waals surface area contributed by atoms with E-state index < -0.39 is 47.0 Å². The third-order valence-electron chi connectivity index (χ3n) is 5.10. The summed E-state index contributed by atoms with van der Waals surface area (Å²) in [7, 11) is 0. The van der Waals surface area contributed by atoms with Crippen LogP contribution in [0.3, 0.4) is 0 Å². The van der Waals surface area contributed by atoms with Crippen LogP contribution in [-0.4, -0.2) is 42.2 Å². The van der Waals surface area contributed by atoms with Crippen LogP contribution in [0.1, 0.15) is 43.2 Å². The number of nitrogens with zero attached hydrogens (tertiary/aromatic N) is 4. The van der Waals surface area contributed by atoms with Gasteiger partial charge in [-0.05, 0) is 39.0 Å². The molecule has 3 aromatic rings. The van der Waals surface area contributed by atoms with Crippen LogP contribution in [0.5, 0.6) is 0 Å². The van der Waals surface area contributed by atoms with E-state index in [0.717, 1.165) is 42.7 Å². The molecule has 0 fully saturated rings. The number of benzene rings is 1. The van der Waals surface area contributed by atoms with Gasteiger partial charge < -0.3 is 10.4 Å². The van der Waals surface area contributed by atoms with Gasteiger partial charge in [0.25, 0.3) is 11.5 Å². The molecule has 0 aliphatic heterocycles. The second kappa shape index (κ2) is 8.97. The minimum atomic E-state index is -4.58. The molecule has 1 unspecified atom stereocenters. The van der Waals surface area contributed by atoms with Gasteiger partial charge in [0.05, 0.1) is 35.3 Å². The average Bonchev–Trinajstić information content (AvgIpc) is 3.23. The molecule has 0 saturated carbocycles. The van der Waals surface area contributed by atoms with Gasteiger partial charge >= 0.3 is 12.7 Å². The fourth-order valence-electron chi connectivity index (χ4n) is 2.80. The molecule has 2 N–H and O–H groups in total. The Morgan fingerprint density at radius 1 is 1.15 bits per heavy atom. The standard InChI is InChI=1S/C21H20F5N5O3/c1-11(20(2,3)34)28-17(32)15-8-16(12-4-6-13(7-5-12)21(24,25)26)29-31(18(15)33)14-9-27-30(10-14)19(22)23/h4-11,19,34H,1-3H3,(H,28,32). The lowest BCUT2D eigenvalue weighted by molar-refractivity contribution is -0.137. The smallest absolute Gasteiger partial charge is 0.388 e. The monoisotopic (exact) mass is 485 g/mol. The van der Waals surface area contributed by atoms with E-state index in [1.807, 2.05) is 0 Å². The van der Waals surface area contributed by atoms with Crippen LogP contribution in [0.25, 0.3) is 16.9 Å². The number of amides is 1. The number of carbonyl (C=O) groups excluding carboxylic acids is 1. The number of aliphatic hydroxyl groups is 1. The van der Waals surface area contributed by atoms with Gasteiger partial charge in [0.1, 0.15) is 11.3 Å². The maximum atomic E-state index is 13.0. The molecule has 3 rings (SSSR count). The predicted octanol–water partition coefficient (Wildman–Crippen LogP) is 3.40. The fourth-order valence-corrected chi connectivity index (χ4v) is 2.80. The Kier molecular flexibility index (Phi) is 6.60. The summed E-state index contributed by atoms with van der Waals surface area (Å²) in [5.74, 6) is -0.898. The number of nitrogens with one attached hydrogen (secondary N) is 1. The Hall–Kier alpha value is -3.61. The first-order chi connectivity index (χ1) is 15.7. The summed E-state index contributed by atoms with van der Waals surface area (Å²) >= 11 is 0. The molecule has 0 aliphatic rings. The second-order valence-electron chi connectivity index (χ2n) is 8.04. The second-order valence-corrected chi connectivity index (χ2v) is 8.04. The van der Waals surface area contributed by atoms with Crippen molar-refractivity contribution in [3.63, 3.8) is 0 Å². The lowest BCUT2D eigenvalue weighted by Gasteiger charge is -2.26. The largest absolute Gasteiger partial charge is 0.416 e. The predicted molar refractivity (Wildman–Crippen MR) is 111 cm³/mol. The molecule has 1 aromatic carbocycles. The maximum absolute atomic E-state index is 13.0. The zero-order valence-electron chi connectivity index (χ0n) is 18.1. The summed E-state index contributed by atoms with van der Waals surface area (Å²) in [5.41, 5.74) is -3.83. The molecule has 0 bridgehead atoms. The number of hydrogen-bond acceptors (Lipinski definition) is 5. The molecule has 8 nitrogen and oxygen atoms in total. The number of rotatable bonds is 6. The Morgan fingerprint density at radius 2 is 1.76 bits per heavy atom. The third kappa shape index (κ3) is 5.30. The van der Waals surface area contributed by atoms with Gasteiger partial charge in [-0.25, -0.2) is 4.68 Å². The highest BCUT2D eigenvalue weighted by molar-refractivity contribution is 5.95. The quantitative estimate of drug-likeness (QED) is 0.521. The van der Waals surface area contributed by atoms with Crippen molar-refractivity contribution >= 4 is 5.91 Å². The Labute approximate surface area is 189 Å². The molecular formula is C21H20F5N5O3. The Balaban J connectivity index is 2.15. The summed E-state index contributed by atoms with van der Waals surface area (Å²) in [5, 5.41) is 20.0. The van der Waals surface area contributed by atoms with Crippen LogP contribution in [0, 0.1) is 0 Å². The van der Waals surface area contributed by atoms with E-state index in [4.69, 9.17) is 0 Å². The molecule has 0 radical (unpaired) electrons. The zero-order valence-corrected chi connectivity index (χ0v) is 18.1. The average molecular weight is 485 g/mol. The van der Waals surface area contributed by atoms with E-state index in [9.17, 15) is 36.6 Å². The van der Waals surface area contributed by atoms with Crippen molar-refractivity contribution in [2.24, 2.45) is 0 Å². The number of hydrogen-bond donors (Lipinski definition) is 2. The first-order valence-electron chi connectivity index (χ1n) is 9.86. The van der Waals surface area contributed by atoms with Crippen molar-refractivity contribution in [3.8, 4) is 16.9 Å². The van der Waals surface area contributed by atoms with Gasteiger partial charge in [-0.2, -0.15) is 36.8 Å². The number of aromatic nitrogens is 4. The highest BCUT2D eigenvalue weighted by atomic mass is 19.4. The van der Waals surface area contributed by atoms with Crippen LogP contribution in [0.2, 0.25) is 0 Å². The van der Waals surface area contributed by atoms with E-state index in [0.29, 0.717) is 4.68 Å². The molecule has 2 aromatic heterocycles. The summed E-state index contributed by atoms with van der Waals surface area (Å²) in [4.78, 5) is 25.8. The molecule has 0 saturated heterocycles. The molecule has 13 heteroatoms. The van der Waals surface area contributed by atoms with Crippen LogP contribution in [0.4, 0.5) is 22.0 Å². The van der Waals surface area contributed by atoms with E-state index in [1.54, 1.807) is 0 Å². The van der Waals surface area contributed by atoms with E-state index in [2.05, 4.69) is 15.5 Å². The molecule has 2 heterocycles. The summed E-state index contributed by atoms with van der Waals surface area (Å²) in [6.45, 7) is 1.38. The highest BCUT2D eigenvalue weighted by Gasteiger charge is 2.30. The van der Waals surface area contributed by atoms with Gasteiger partial charge in [0.2, 0.25) is 0 Å². The van der Waals surface area contributed by atoms with Gasteiger partial charge in [-0.15, -0.1) is 0 Å². The first-order valence-corrected chi connectivity index (χ1v) is 9.86. The van der Waals surface area contributed by atoms with Crippen molar-refractivity contribution in [2.75, 3.05) is 0 Å². The Morgan fingerprint density at radius 3 is 2.26 bits per heavy atom. The molecular weight excluding hydrogens is 465 g/mol. The summed E-state index contributed by atoms with van der Waals surface area (Å²) < 4.78 is 65.6. The van der Waals surface area contributed by atoms with Crippen molar-refractivity contribution in [1.82, 2.24) is 24.9 Å². The molecule has 1 amide bonds. The van der Waals surface area contributed by atoms with Crippen LogP contribution < -0.4 is 10.9 Å². The third-order valence-corrected chi connectivity index (χ3v) is 5.10. The van der Waals surface area contributed by atoms with Gasteiger partial charge in [0.15, 0.2) is 0 Å². The summed E-state index contributed by atoms with van der Waals surface area (Å²) in [6.07, 6.45) is -2.82. The van der Waals surface area contributed by atoms with Crippen LogP contribution in [0.15, 0.2) is 47.5 Å². The fraction of sp³-hybridized carbons (Fsp3) is 0.333. The summed E-state index contributed by atoms with van der Waals surface area (Å²) in [6, 6.07) is 4.09. The minimum absolute atomic E-state index is 0.0702. The Bertz CT molecular complexity index is 1240. The normalized spacial score (nSPS) is 13.2. The number of halogens is 5. The van der Waals surface area contributed by atoms with Crippen LogP contribution in [-0.2, 0) is 6.18 Å². The maximum Gasteiger partial charge on any atom is 0.416 e. The molecule has 182 valence electrons. The SMILES string of the molecule is CC(NC(=O)c1cc(-c2ccc(C(F)(F)F)cc2)nn(-c2cnn(C(F)F)c2)c1=O)C(C)(C)O. The van der Waals surface area contributed by atoms with Crippen LogP contribution >= 0.6 is 0 Å². The lowest BCUT2D eigenvalue weighted by Crippen LogP contribution is -2.48. The van der Waals surface area contributed by atoms with Crippen molar-refractivity contribution in [3.05, 3.63) is 64.2 Å². The number of alkyl halides is 5. The molecule has 0 spiro atoms. The molecule has 1 atom stereocenters. The number of carbonyl (C=O) groups is 1. The van der Waals surface area contributed by atoms with E-state index in [1.165, 1.54) is 20.8 Å². The first kappa shape index (κ1) is 25.0. The lowest BCUT2D eigenvalue weighted by atomic mass is 10.0. The van der Waals surface area contributed by atoms with E-state index in [-0.39, 0.29) is 21.6 Å². The topological polar surface area (TPSA) is 102 Å². The van der Waals surface area contributed by atoms with Gasteiger partial charge in [0, 0.05) is 5.56 Å². The van der Waals surface area contributed by atoms with E-state index >= 15 is 0 Å².